The van der Waals surface area contributed by atoms with Crippen LogP contribution in [0.2, 0.25) is 0 Å². The lowest BCUT2D eigenvalue weighted by Gasteiger charge is -2.24. The number of aromatic nitrogens is 1. The molecule has 0 unspecified atom stereocenters. The molecular formula is C20H20F2N2. The number of benzene rings is 1. The van der Waals surface area contributed by atoms with E-state index in [1.54, 1.807) is 0 Å². The number of nitrogens with zero attached hydrogens (tertiary/aromatic N) is 2. The third kappa shape index (κ3) is 3.97. The van der Waals surface area contributed by atoms with Gasteiger partial charge in [0.1, 0.15) is 0 Å². The molecule has 0 amide bonds. The maximum absolute atomic E-state index is 13.3. The van der Waals surface area contributed by atoms with Gasteiger partial charge >= 0.3 is 0 Å². The molecule has 24 heavy (non-hydrogen) atoms. The molecule has 1 aromatic heterocycles. The number of hydrogen-bond acceptors (Lipinski definition) is 2. The lowest BCUT2D eigenvalue weighted by atomic mass is 9.80. The molecule has 1 heterocycles. The van der Waals surface area contributed by atoms with Crippen molar-refractivity contribution in [2.45, 2.75) is 38.5 Å². The summed E-state index contributed by atoms with van der Waals surface area (Å²) >= 11 is 0. The molecule has 0 saturated heterocycles. The van der Waals surface area contributed by atoms with Crippen molar-refractivity contribution in [2.75, 3.05) is 0 Å². The van der Waals surface area contributed by atoms with Gasteiger partial charge in [-0.2, -0.15) is 5.26 Å². The highest BCUT2D eigenvalue weighted by Gasteiger charge is 2.20. The Morgan fingerprint density at radius 3 is 2.46 bits per heavy atom. The van der Waals surface area contributed by atoms with Crippen LogP contribution in [-0.4, -0.2) is 4.98 Å². The van der Waals surface area contributed by atoms with Crippen molar-refractivity contribution in [2.24, 2.45) is 11.8 Å². The normalized spacial score (nSPS) is 20.5. The minimum absolute atomic E-state index is 0.248. The molecule has 0 aliphatic heterocycles. The lowest BCUT2D eigenvalue weighted by Crippen LogP contribution is -2.13. The minimum Gasteiger partial charge on any atom is -0.256 e. The fourth-order valence-corrected chi connectivity index (χ4v) is 3.35. The molecule has 2 aromatic rings. The van der Waals surface area contributed by atoms with Crippen LogP contribution in [-0.2, 0) is 6.42 Å². The van der Waals surface area contributed by atoms with Crippen molar-refractivity contribution in [1.29, 1.82) is 5.26 Å². The van der Waals surface area contributed by atoms with Gasteiger partial charge in [-0.25, -0.2) is 8.78 Å². The van der Waals surface area contributed by atoms with E-state index in [2.05, 4.69) is 11.1 Å². The standard InChI is InChI=1S/C20H20F2N2/c21-18-9-8-17(11-19(18)22)20-10-7-16(13-24-20)6-3-14-1-4-15(12-23)5-2-14/h7-11,13-15H,1-6H2/t14-,15-. The van der Waals surface area contributed by atoms with Crippen molar-refractivity contribution in [3.05, 3.63) is 53.7 Å². The highest BCUT2D eigenvalue weighted by molar-refractivity contribution is 5.59. The summed E-state index contributed by atoms with van der Waals surface area (Å²) in [5.41, 5.74) is 2.38. The second kappa shape index (κ2) is 7.53. The zero-order valence-electron chi connectivity index (χ0n) is 13.5. The monoisotopic (exact) mass is 326 g/mol. The smallest absolute Gasteiger partial charge is 0.159 e. The van der Waals surface area contributed by atoms with Gasteiger partial charge in [-0.15, -0.1) is 0 Å². The van der Waals surface area contributed by atoms with Gasteiger partial charge in [0.2, 0.25) is 0 Å². The van der Waals surface area contributed by atoms with Gasteiger partial charge in [-0.05, 0) is 74.3 Å². The summed E-state index contributed by atoms with van der Waals surface area (Å²) in [6, 6.07) is 10.1. The molecule has 0 spiro atoms. The Morgan fingerprint density at radius 2 is 1.83 bits per heavy atom. The molecular weight excluding hydrogens is 306 g/mol. The molecule has 1 aliphatic carbocycles. The first-order chi connectivity index (χ1) is 11.7. The molecule has 4 heteroatoms. The van der Waals surface area contributed by atoms with Crippen LogP contribution in [0.3, 0.4) is 0 Å². The van der Waals surface area contributed by atoms with E-state index >= 15 is 0 Å². The predicted molar refractivity (Wildman–Crippen MR) is 89.0 cm³/mol. The Kier molecular flexibility index (Phi) is 5.20. The van der Waals surface area contributed by atoms with Crippen molar-refractivity contribution >= 4 is 0 Å². The van der Waals surface area contributed by atoms with Crippen LogP contribution in [0.25, 0.3) is 11.3 Å². The van der Waals surface area contributed by atoms with E-state index in [1.165, 1.54) is 12.1 Å². The Labute approximate surface area is 141 Å². The van der Waals surface area contributed by atoms with Crippen molar-refractivity contribution in [1.82, 2.24) is 4.98 Å². The summed E-state index contributed by atoms with van der Waals surface area (Å²) in [5.74, 6) is -0.758. The maximum atomic E-state index is 13.3. The average Bonchev–Trinajstić information content (AvgIpc) is 2.63. The predicted octanol–water partition coefficient (Wildman–Crippen LogP) is 5.29. The molecule has 0 N–H and O–H groups in total. The Morgan fingerprint density at radius 1 is 1.04 bits per heavy atom. The van der Waals surface area contributed by atoms with Crippen molar-refractivity contribution in [3.8, 4) is 17.3 Å². The van der Waals surface area contributed by atoms with Gasteiger partial charge in [0, 0.05) is 17.7 Å². The highest BCUT2D eigenvalue weighted by Crippen LogP contribution is 2.31. The summed E-state index contributed by atoms with van der Waals surface area (Å²) in [6.45, 7) is 0. The van der Waals surface area contributed by atoms with Crippen LogP contribution in [0.15, 0.2) is 36.5 Å². The van der Waals surface area contributed by atoms with Crippen LogP contribution in [0.4, 0.5) is 8.78 Å². The first-order valence-electron chi connectivity index (χ1n) is 8.45. The van der Waals surface area contributed by atoms with Gasteiger partial charge in [0.05, 0.1) is 11.8 Å². The largest absolute Gasteiger partial charge is 0.256 e. The summed E-state index contributed by atoms with van der Waals surface area (Å²) < 4.78 is 26.3. The number of halogens is 2. The number of nitriles is 1. The second-order valence-corrected chi connectivity index (χ2v) is 6.57. The lowest BCUT2D eigenvalue weighted by molar-refractivity contribution is 0.300. The summed E-state index contributed by atoms with van der Waals surface area (Å²) in [4.78, 5) is 4.38. The van der Waals surface area contributed by atoms with E-state index in [9.17, 15) is 8.78 Å². The Bertz CT molecular complexity index is 726. The van der Waals surface area contributed by atoms with Crippen LogP contribution in [0.5, 0.6) is 0 Å². The fourth-order valence-electron chi connectivity index (χ4n) is 3.35. The van der Waals surface area contributed by atoms with Gasteiger partial charge in [-0.3, -0.25) is 4.98 Å². The number of hydrogen-bond donors (Lipinski definition) is 0. The molecule has 124 valence electrons. The quantitative estimate of drug-likeness (QED) is 0.765. The van der Waals surface area contributed by atoms with Gasteiger partial charge in [0.25, 0.3) is 0 Å². The summed E-state index contributed by atoms with van der Waals surface area (Å²) in [6.07, 6.45) is 8.22. The van der Waals surface area contributed by atoms with E-state index in [0.29, 0.717) is 17.2 Å². The van der Waals surface area contributed by atoms with Gasteiger partial charge in [-0.1, -0.05) is 6.07 Å². The molecule has 1 fully saturated rings. The topological polar surface area (TPSA) is 36.7 Å². The molecule has 3 rings (SSSR count). The third-order valence-electron chi connectivity index (χ3n) is 4.91. The third-order valence-corrected chi connectivity index (χ3v) is 4.91. The van der Waals surface area contributed by atoms with E-state index in [4.69, 9.17) is 5.26 Å². The van der Waals surface area contributed by atoms with Gasteiger partial charge < -0.3 is 0 Å². The summed E-state index contributed by atoms with van der Waals surface area (Å²) in [5, 5.41) is 8.93. The van der Waals surface area contributed by atoms with Gasteiger partial charge in [0.15, 0.2) is 11.6 Å². The number of pyridine rings is 1. The SMILES string of the molecule is N#C[C@H]1CC[C@H](CCc2ccc(-c3ccc(F)c(F)c3)nc2)CC1. The minimum atomic E-state index is -0.855. The zero-order chi connectivity index (χ0) is 16.9. The molecule has 1 aromatic carbocycles. The van der Waals surface area contributed by atoms with Crippen LogP contribution in [0, 0.1) is 34.8 Å². The van der Waals surface area contributed by atoms with Crippen LogP contribution < -0.4 is 0 Å². The fraction of sp³-hybridized carbons (Fsp3) is 0.400. The molecule has 1 saturated carbocycles. The maximum Gasteiger partial charge on any atom is 0.159 e. The molecule has 0 atom stereocenters. The molecule has 0 radical (unpaired) electrons. The van der Waals surface area contributed by atoms with E-state index in [1.807, 2.05) is 18.3 Å². The molecule has 1 aliphatic rings. The first kappa shape index (κ1) is 16.6. The van der Waals surface area contributed by atoms with E-state index < -0.39 is 11.6 Å². The van der Waals surface area contributed by atoms with Crippen molar-refractivity contribution in [3.63, 3.8) is 0 Å². The number of aryl methyl sites for hydroxylation is 1. The second-order valence-electron chi connectivity index (χ2n) is 6.57. The Hall–Kier alpha value is -2.28. The van der Waals surface area contributed by atoms with Crippen LogP contribution in [0.1, 0.15) is 37.7 Å². The Balaban J connectivity index is 1.57. The highest BCUT2D eigenvalue weighted by atomic mass is 19.2. The summed E-state index contributed by atoms with van der Waals surface area (Å²) in [7, 11) is 0. The van der Waals surface area contributed by atoms with E-state index in [-0.39, 0.29) is 5.92 Å². The van der Waals surface area contributed by atoms with E-state index in [0.717, 1.165) is 50.2 Å². The number of rotatable bonds is 4. The van der Waals surface area contributed by atoms with Crippen LogP contribution >= 0.6 is 0 Å². The first-order valence-corrected chi connectivity index (χ1v) is 8.45. The molecule has 2 nitrogen and oxygen atoms in total. The zero-order valence-corrected chi connectivity index (χ0v) is 13.5. The van der Waals surface area contributed by atoms with Crippen molar-refractivity contribution < 1.29 is 8.78 Å². The average molecular weight is 326 g/mol. The molecule has 0 bridgehead atoms.